The van der Waals surface area contributed by atoms with Crippen molar-refractivity contribution in [2.24, 2.45) is 5.73 Å². The lowest BCUT2D eigenvalue weighted by Crippen LogP contribution is -1.83. The van der Waals surface area contributed by atoms with Crippen molar-refractivity contribution in [1.29, 1.82) is 5.26 Å². The predicted molar refractivity (Wildman–Crippen MR) is 61.3 cm³/mol. The molecule has 0 radical (unpaired) electrons. The zero-order chi connectivity index (χ0) is 11.0. The van der Waals surface area contributed by atoms with E-state index in [1.807, 2.05) is 12.3 Å². The maximum Gasteiger partial charge on any atom is 0.173 e. The Hall–Kier alpha value is -0.630. The summed E-state index contributed by atoms with van der Waals surface area (Å²) >= 11 is 13.1. The summed E-state index contributed by atoms with van der Waals surface area (Å²) in [5.74, 6) is 0.921. The topological polar surface area (TPSA) is 62.7 Å². The number of rotatable bonds is 2. The highest BCUT2D eigenvalue weighted by molar-refractivity contribution is 7.97. The van der Waals surface area contributed by atoms with Crippen molar-refractivity contribution in [2.75, 3.05) is 6.26 Å². The molecule has 1 heterocycles. The lowest BCUT2D eigenvalue weighted by Gasteiger charge is -1.98. The van der Waals surface area contributed by atoms with E-state index in [1.54, 1.807) is 18.0 Å². The smallest absolute Gasteiger partial charge is 0.173 e. The molecule has 14 heavy (non-hydrogen) atoms. The third-order valence-electron chi connectivity index (χ3n) is 1.16. The summed E-state index contributed by atoms with van der Waals surface area (Å²) in [6.45, 7) is 0. The summed E-state index contributed by atoms with van der Waals surface area (Å²) in [5.41, 5.74) is 5.26. The number of aromatic nitrogens is 1. The first-order valence-corrected chi connectivity index (χ1v) is 5.69. The van der Waals surface area contributed by atoms with Gasteiger partial charge in [0.15, 0.2) is 6.19 Å². The van der Waals surface area contributed by atoms with E-state index in [9.17, 15) is 0 Å². The largest absolute Gasteiger partial charge is 0.337 e. The van der Waals surface area contributed by atoms with Gasteiger partial charge in [-0.2, -0.15) is 17.0 Å². The zero-order valence-electron chi connectivity index (χ0n) is 7.50. The molecule has 0 aliphatic carbocycles. The van der Waals surface area contributed by atoms with Crippen molar-refractivity contribution in [3.05, 3.63) is 28.0 Å². The number of halogens is 2. The molecule has 0 amide bonds. The number of thioether (sulfide) groups is 1. The normalized spacial score (nSPS) is 8.43. The van der Waals surface area contributed by atoms with Gasteiger partial charge in [0.1, 0.15) is 5.15 Å². The highest BCUT2D eigenvalue weighted by Crippen LogP contribution is 2.21. The van der Waals surface area contributed by atoms with Crippen molar-refractivity contribution >= 4 is 35.0 Å². The van der Waals surface area contributed by atoms with Crippen LogP contribution in [0.4, 0.5) is 0 Å². The van der Waals surface area contributed by atoms with Gasteiger partial charge in [-0.1, -0.05) is 23.2 Å². The van der Waals surface area contributed by atoms with Gasteiger partial charge in [-0.05, 0) is 17.9 Å². The standard InChI is InChI=1S/C7H7Cl2NS.CH2N2/c1-11-4-5-2-6(8)7(9)10-3-5;2-1-3/h2-3H,4H2,1H3;2H2. The van der Waals surface area contributed by atoms with Gasteiger partial charge in [-0.15, -0.1) is 0 Å². The summed E-state index contributed by atoms with van der Waals surface area (Å²) in [6, 6.07) is 1.84. The van der Waals surface area contributed by atoms with Gasteiger partial charge >= 0.3 is 0 Å². The Balaban J connectivity index is 0.000000500. The molecule has 1 aromatic heterocycles. The van der Waals surface area contributed by atoms with E-state index in [4.69, 9.17) is 28.5 Å². The second kappa shape index (κ2) is 7.74. The van der Waals surface area contributed by atoms with E-state index in [1.165, 1.54) is 6.19 Å². The molecule has 1 rings (SSSR count). The second-order valence-corrected chi connectivity index (χ2v) is 3.81. The number of hydrogen-bond acceptors (Lipinski definition) is 4. The first-order valence-electron chi connectivity index (χ1n) is 3.54. The van der Waals surface area contributed by atoms with Crippen LogP contribution in [0, 0.1) is 11.5 Å². The average molecular weight is 250 g/mol. The molecule has 0 unspecified atom stereocenters. The first-order chi connectivity index (χ1) is 6.65. The maximum atomic E-state index is 7.10. The fourth-order valence-electron chi connectivity index (χ4n) is 0.706. The molecule has 76 valence electrons. The third kappa shape index (κ3) is 5.18. The number of hydrogen-bond donors (Lipinski definition) is 1. The van der Waals surface area contributed by atoms with Crippen LogP contribution in [0.3, 0.4) is 0 Å². The molecule has 1 aromatic rings. The van der Waals surface area contributed by atoms with Gasteiger partial charge in [0.25, 0.3) is 0 Å². The van der Waals surface area contributed by atoms with Gasteiger partial charge in [-0.3, -0.25) is 0 Å². The molecule has 0 aromatic carbocycles. The molecule has 3 nitrogen and oxygen atoms in total. The van der Waals surface area contributed by atoms with Crippen LogP contribution in [0.25, 0.3) is 0 Å². The molecule has 0 bridgehead atoms. The minimum Gasteiger partial charge on any atom is -0.337 e. The summed E-state index contributed by atoms with van der Waals surface area (Å²) < 4.78 is 0. The lowest BCUT2D eigenvalue weighted by molar-refractivity contribution is 1.25. The van der Waals surface area contributed by atoms with Crippen LogP contribution in [0.15, 0.2) is 12.3 Å². The van der Waals surface area contributed by atoms with Crippen LogP contribution in [-0.4, -0.2) is 11.2 Å². The number of nitrogens with zero attached hydrogens (tertiary/aromatic N) is 2. The van der Waals surface area contributed by atoms with Crippen molar-refractivity contribution < 1.29 is 0 Å². The van der Waals surface area contributed by atoms with Crippen molar-refractivity contribution in [1.82, 2.24) is 4.98 Å². The van der Waals surface area contributed by atoms with Gasteiger partial charge < -0.3 is 5.73 Å². The van der Waals surface area contributed by atoms with Crippen LogP contribution in [0.2, 0.25) is 10.2 Å². The van der Waals surface area contributed by atoms with Crippen LogP contribution < -0.4 is 5.73 Å². The first kappa shape index (κ1) is 13.4. The Kier molecular flexibility index (Phi) is 7.40. The second-order valence-electron chi connectivity index (χ2n) is 2.18. The summed E-state index contributed by atoms with van der Waals surface area (Å²) in [6.07, 6.45) is 5.02. The highest BCUT2D eigenvalue weighted by atomic mass is 35.5. The molecule has 0 saturated carbocycles. The fraction of sp³-hybridized carbons (Fsp3) is 0.250. The quantitative estimate of drug-likeness (QED) is 0.498. The van der Waals surface area contributed by atoms with Crippen LogP contribution >= 0.6 is 35.0 Å². The Morgan fingerprint density at radius 3 is 2.64 bits per heavy atom. The van der Waals surface area contributed by atoms with Gasteiger partial charge in [0.05, 0.1) is 5.02 Å². The molecule has 0 fully saturated rings. The SMILES string of the molecule is CSCc1cnc(Cl)c(Cl)c1.N#CN. The lowest BCUT2D eigenvalue weighted by atomic mass is 10.3. The van der Waals surface area contributed by atoms with Gasteiger partial charge in [-0.25, -0.2) is 4.98 Å². The monoisotopic (exact) mass is 249 g/mol. The molecular weight excluding hydrogens is 241 g/mol. The van der Waals surface area contributed by atoms with Crippen molar-refractivity contribution in [3.8, 4) is 6.19 Å². The predicted octanol–water partition coefficient (Wildman–Crippen LogP) is 2.68. The summed E-state index contributed by atoms with van der Waals surface area (Å²) in [5, 5.41) is 8.00. The van der Waals surface area contributed by atoms with Gasteiger partial charge in [0, 0.05) is 11.9 Å². The van der Waals surface area contributed by atoms with Crippen LogP contribution in [0.1, 0.15) is 5.56 Å². The minimum atomic E-state index is 0.372. The van der Waals surface area contributed by atoms with Crippen molar-refractivity contribution in [3.63, 3.8) is 0 Å². The molecule has 0 aliphatic rings. The summed E-state index contributed by atoms with van der Waals surface area (Å²) in [4.78, 5) is 3.92. The van der Waals surface area contributed by atoms with E-state index in [2.05, 4.69) is 10.7 Å². The third-order valence-corrected chi connectivity index (χ3v) is 2.47. The Morgan fingerprint density at radius 2 is 2.21 bits per heavy atom. The number of nitriles is 1. The molecule has 6 heteroatoms. The number of nitrogens with two attached hydrogens (primary N) is 1. The summed E-state index contributed by atoms with van der Waals surface area (Å²) in [7, 11) is 0. The molecule has 0 aliphatic heterocycles. The Morgan fingerprint density at radius 1 is 1.64 bits per heavy atom. The van der Waals surface area contributed by atoms with E-state index < -0.39 is 0 Å². The number of pyridine rings is 1. The Bertz CT molecular complexity index is 325. The average Bonchev–Trinajstić information content (AvgIpc) is 2.13. The minimum absolute atomic E-state index is 0.372. The van der Waals surface area contributed by atoms with Crippen LogP contribution in [-0.2, 0) is 5.75 Å². The highest BCUT2D eigenvalue weighted by Gasteiger charge is 1.99. The fourth-order valence-corrected chi connectivity index (χ4v) is 1.49. The van der Waals surface area contributed by atoms with Crippen LogP contribution in [0.5, 0.6) is 0 Å². The molecule has 0 spiro atoms. The van der Waals surface area contributed by atoms with E-state index in [0.717, 1.165) is 11.3 Å². The molecule has 2 N–H and O–H groups in total. The van der Waals surface area contributed by atoms with Gasteiger partial charge in [0.2, 0.25) is 0 Å². The molecule has 0 atom stereocenters. The maximum absolute atomic E-state index is 7.10. The van der Waals surface area contributed by atoms with E-state index in [0.29, 0.717) is 10.2 Å². The van der Waals surface area contributed by atoms with E-state index in [-0.39, 0.29) is 0 Å². The Labute approximate surface area is 97.2 Å². The van der Waals surface area contributed by atoms with Crippen molar-refractivity contribution in [2.45, 2.75) is 5.75 Å². The molecular formula is C8H9Cl2N3S. The van der Waals surface area contributed by atoms with E-state index >= 15 is 0 Å². The molecule has 0 saturated heterocycles. The zero-order valence-corrected chi connectivity index (χ0v) is 9.83.